The number of nitrogens with two attached hydrogens (primary N) is 1. The zero-order valence-electron chi connectivity index (χ0n) is 6.95. The van der Waals surface area contributed by atoms with Crippen LogP contribution < -0.4 is 5.73 Å². The van der Waals surface area contributed by atoms with Crippen LogP contribution in [0.4, 0.5) is 5.69 Å². The molecule has 3 N–H and O–H groups in total. The van der Waals surface area contributed by atoms with Crippen molar-refractivity contribution in [2.24, 2.45) is 0 Å². The summed E-state index contributed by atoms with van der Waals surface area (Å²) in [6.45, 7) is 0. The third-order valence-electron chi connectivity index (χ3n) is 1.89. The molecule has 0 spiro atoms. The molecule has 1 aromatic heterocycles. The molecule has 0 amide bonds. The van der Waals surface area contributed by atoms with Gasteiger partial charge in [0.2, 0.25) is 0 Å². The van der Waals surface area contributed by atoms with E-state index < -0.39 is 5.97 Å². The van der Waals surface area contributed by atoms with E-state index in [1.54, 1.807) is 12.1 Å². The number of nitrogen functional groups attached to an aromatic ring is 1. The number of carboxylic acid groups (broad SMARTS) is 1. The third-order valence-corrected chi connectivity index (χ3v) is 3.12. The van der Waals surface area contributed by atoms with Crippen LogP contribution in [0.3, 0.4) is 0 Å². The quantitative estimate of drug-likeness (QED) is 0.737. The number of hydrogen-bond donors (Lipinski definition) is 2. The first-order valence-electron chi connectivity index (χ1n) is 3.80. The third kappa shape index (κ3) is 1.42. The number of benzene rings is 1. The standard InChI is InChI=1S/C9H6ClNO2S/c10-8-2-4-1-5(9(12)13)6(11)3-7(4)14-8/h1-3H,11H2,(H,12,13). The van der Waals surface area contributed by atoms with E-state index in [1.807, 2.05) is 0 Å². The Morgan fingerprint density at radius 2 is 2.14 bits per heavy atom. The van der Waals surface area contributed by atoms with Crippen LogP contribution in [0.15, 0.2) is 18.2 Å². The Labute approximate surface area is 88.7 Å². The molecule has 0 saturated carbocycles. The van der Waals surface area contributed by atoms with Gasteiger partial charge < -0.3 is 10.8 Å². The van der Waals surface area contributed by atoms with Gasteiger partial charge in [-0.1, -0.05) is 11.6 Å². The summed E-state index contributed by atoms with van der Waals surface area (Å²) in [6, 6.07) is 4.90. The molecule has 14 heavy (non-hydrogen) atoms. The summed E-state index contributed by atoms with van der Waals surface area (Å²) in [7, 11) is 0. The van der Waals surface area contributed by atoms with E-state index in [-0.39, 0.29) is 11.3 Å². The number of anilines is 1. The van der Waals surface area contributed by atoms with Crippen molar-refractivity contribution in [1.82, 2.24) is 0 Å². The van der Waals surface area contributed by atoms with E-state index in [0.717, 1.165) is 10.1 Å². The molecule has 5 heteroatoms. The number of thiophene rings is 1. The van der Waals surface area contributed by atoms with E-state index in [0.29, 0.717) is 4.34 Å². The highest BCUT2D eigenvalue weighted by Crippen LogP contribution is 2.32. The molecule has 0 fully saturated rings. The first-order valence-corrected chi connectivity index (χ1v) is 4.99. The molecule has 0 aliphatic carbocycles. The number of rotatable bonds is 1. The van der Waals surface area contributed by atoms with Gasteiger partial charge in [-0.3, -0.25) is 0 Å². The van der Waals surface area contributed by atoms with Crippen molar-refractivity contribution in [3.63, 3.8) is 0 Å². The Hall–Kier alpha value is -1.26. The normalized spacial score (nSPS) is 10.6. The number of carboxylic acids is 1. The highest BCUT2D eigenvalue weighted by Gasteiger charge is 2.10. The SMILES string of the molecule is Nc1cc2sc(Cl)cc2cc1C(=O)O. The minimum atomic E-state index is -1.02. The molecule has 0 bridgehead atoms. The lowest BCUT2D eigenvalue weighted by molar-refractivity contribution is 0.0698. The van der Waals surface area contributed by atoms with Crippen LogP contribution in [-0.4, -0.2) is 11.1 Å². The zero-order valence-corrected chi connectivity index (χ0v) is 8.52. The minimum absolute atomic E-state index is 0.118. The second kappa shape index (κ2) is 3.15. The summed E-state index contributed by atoms with van der Waals surface area (Å²) in [5, 5.41) is 9.63. The molecule has 1 heterocycles. The van der Waals surface area contributed by atoms with E-state index in [1.165, 1.54) is 17.4 Å². The number of carbonyl (C=O) groups is 1. The molecule has 0 aliphatic rings. The maximum Gasteiger partial charge on any atom is 0.337 e. The first-order chi connectivity index (χ1) is 6.58. The van der Waals surface area contributed by atoms with E-state index in [4.69, 9.17) is 22.4 Å². The van der Waals surface area contributed by atoms with Gasteiger partial charge in [0.25, 0.3) is 0 Å². The van der Waals surface area contributed by atoms with Gasteiger partial charge in [-0.2, -0.15) is 0 Å². The van der Waals surface area contributed by atoms with Gasteiger partial charge in [-0.25, -0.2) is 4.79 Å². The molecule has 3 nitrogen and oxygen atoms in total. The molecular weight excluding hydrogens is 222 g/mol. The fourth-order valence-corrected chi connectivity index (χ4v) is 2.44. The highest BCUT2D eigenvalue weighted by atomic mass is 35.5. The summed E-state index contributed by atoms with van der Waals surface area (Å²) in [5.41, 5.74) is 5.96. The first kappa shape index (κ1) is 9.30. The lowest BCUT2D eigenvalue weighted by atomic mass is 10.1. The molecular formula is C9H6ClNO2S. The van der Waals surface area contributed by atoms with Gasteiger partial charge in [-0.05, 0) is 23.6 Å². The Morgan fingerprint density at radius 3 is 2.79 bits per heavy atom. The molecule has 1 aromatic carbocycles. The summed E-state index contributed by atoms with van der Waals surface area (Å²) in [4.78, 5) is 10.8. The predicted molar refractivity (Wildman–Crippen MR) is 58.2 cm³/mol. The maximum absolute atomic E-state index is 10.8. The van der Waals surface area contributed by atoms with Crippen molar-refractivity contribution in [3.8, 4) is 0 Å². The monoisotopic (exact) mass is 227 g/mol. The second-order valence-corrected chi connectivity index (χ2v) is 4.55. The van der Waals surface area contributed by atoms with Crippen LogP contribution in [0.25, 0.3) is 10.1 Å². The number of hydrogen-bond acceptors (Lipinski definition) is 3. The second-order valence-electron chi connectivity index (χ2n) is 2.83. The lowest BCUT2D eigenvalue weighted by Gasteiger charge is -1.99. The molecule has 0 saturated heterocycles. The Bertz CT molecular complexity index is 521. The number of halogens is 1. The van der Waals surface area contributed by atoms with Crippen molar-refractivity contribution in [3.05, 3.63) is 28.1 Å². The molecule has 2 aromatic rings. The van der Waals surface area contributed by atoms with Gasteiger partial charge in [0.15, 0.2) is 0 Å². The summed E-state index contributed by atoms with van der Waals surface area (Å²) in [5.74, 6) is -1.02. The highest BCUT2D eigenvalue weighted by molar-refractivity contribution is 7.22. The summed E-state index contributed by atoms with van der Waals surface area (Å²) in [6.07, 6.45) is 0. The maximum atomic E-state index is 10.8. The summed E-state index contributed by atoms with van der Waals surface area (Å²) < 4.78 is 1.53. The van der Waals surface area contributed by atoms with E-state index in [2.05, 4.69) is 0 Å². The van der Waals surface area contributed by atoms with Crippen LogP contribution >= 0.6 is 22.9 Å². The van der Waals surface area contributed by atoms with Crippen molar-refractivity contribution in [2.75, 3.05) is 5.73 Å². The fourth-order valence-electron chi connectivity index (χ4n) is 1.26. The van der Waals surface area contributed by atoms with Gasteiger partial charge in [0, 0.05) is 10.4 Å². The molecule has 2 rings (SSSR count). The van der Waals surface area contributed by atoms with Crippen molar-refractivity contribution < 1.29 is 9.90 Å². The van der Waals surface area contributed by atoms with Crippen LogP contribution in [0.1, 0.15) is 10.4 Å². The molecule has 0 atom stereocenters. The van der Waals surface area contributed by atoms with E-state index in [9.17, 15) is 4.79 Å². The Morgan fingerprint density at radius 1 is 1.43 bits per heavy atom. The largest absolute Gasteiger partial charge is 0.478 e. The van der Waals surface area contributed by atoms with Crippen molar-refractivity contribution >= 4 is 44.7 Å². The number of fused-ring (bicyclic) bond motifs is 1. The van der Waals surface area contributed by atoms with Crippen LogP contribution in [0.2, 0.25) is 4.34 Å². The molecule has 0 aliphatic heterocycles. The smallest absolute Gasteiger partial charge is 0.337 e. The number of aromatic carboxylic acids is 1. The minimum Gasteiger partial charge on any atom is -0.478 e. The Balaban J connectivity index is 2.76. The van der Waals surface area contributed by atoms with Gasteiger partial charge >= 0.3 is 5.97 Å². The van der Waals surface area contributed by atoms with Gasteiger partial charge in [0.05, 0.1) is 9.90 Å². The summed E-state index contributed by atoms with van der Waals surface area (Å²) >= 11 is 7.18. The molecule has 0 radical (unpaired) electrons. The average Bonchev–Trinajstić information content (AvgIpc) is 2.42. The Kier molecular flexibility index (Phi) is 2.09. The van der Waals surface area contributed by atoms with Crippen LogP contribution in [0.5, 0.6) is 0 Å². The fraction of sp³-hybridized carbons (Fsp3) is 0. The van der Waals surface area contributed by atoms with Crippen molar-refractivity contribution in [2.45, 2.75) is 0 Å². The van der Waals surface area contributed by atoms with Gasteiger partial charge in [0.1, 0.15) is 0 Å². The molecule has 72 valence electrons. The van der Waals surface area contributed by atoms with Crippen LogP contribution in [0, 0.1) is 0 Å². The van der Waals surface area contributed by atoms with Crippen molar-refractivity contribution in [1.29, 1.82) is 0 Å². The van der Waals surface area contributed by atoms with E-state index >= 15 is 0 Å². The molecule has 0 unspecified atom stereocenters. The average molecular weight is 228 g/mol. The topological polar surface area (TPSA) is 63.3 Å². The lowest BCUT2D eigenvalue weighted by Crippen LogP contribution is -2.01. The van der Waals surface area contributed by atoms with Gasteiger partial charge in [-0.15, -0.1) is 11.3 Å². The zero-order chi connectivity index (χ0) is 10.3. The predicted octanol–water partition coefficient (Wildman–Crippen LogP) is 2.84. The van der Waals surface area contributed by atoms with Crippen LogP contribution in [-0.2, 0) is 0 Å².